The van der Waals surface area contributed by atoms with Crippen LogP contribution < -0.4 is 5.32 Å². The van der Waals surface area contributed by atoms with Crippen LogP contribution in [0.15, 0.2) is 12.3 Å². The Morgan fingerprint density at radius 3 is 3.00 bits per heavy atom. The lowest BCUT2D eigenvalue weighted by molar-refractivity contribution is 0.282. The molecule has 1 heterocycles. The lowest BCUT2D eigenvalue weighted by Crippen LogP contribution is -2.24. The average molecular weight is 272 g/mol. The number of pyridine rings is 1. The van der Waals surface area contributed by atoms with Gasteiger partial charge in [-0.25, -0.2) is 4.98 Å². The van der Waals surface area contributed by atoms with Crippen molar-refractivity contribution >= 4 is 29.2 Å². The number of aliphatic hydroxyl groups is 1. The standard InChI is InChI=1S/C11H14ClN3OS/c1-17-7-9(2-3-16)15-11-10(12)4-8(5-13)6-14-11/h4,6,9,16H,2-3,7H2,1H3,(H,14,15). The van der Waals surface area contributed by atoms with E-state index in [1.807, 2.05) is 12.3 Å². The van der Waals surface area contributed by atoms with Crippen LogP contribution in [0.4, 0.5) is 5.82 Å². The Balaban J connectivity index is 2.75. The van der Waals surface area contributed by atoms with Crippen LogP contribution in [0.5, 0.6) is 0 Å². The van der Waals surface area contributed by atoms with E-state index < -0.39 is 0 Å². The summed E-state index contributed by atoms with van der Waals surface area (Å²) in [6.07, 6.45) is 4.11. The molecule has 0 bridgehead atoms. The molecule has 0 aliphatic rings. The lowest BCUT2D eigenvalue weighted by atomic mass is 10.2. The molecule has 0 fully saturated rings. The van der Waals surface area contributed by atoms with Crippen LogP contribution in [-0.2, 0) is 0 Å². The van der Waals surface area contributed by atoms with Gasteiger partial charge in [0.1, 0.15) is 11.9 Å². The van der Waals surface area contributed by atoms with Crippen molar-refractivity contribution in [3.8, 4) is 6.07 Å². The first-order chi connectivity index (χ1) is 8.21. The van der Waals surface area contributed by atoms with Crippen molar-refractivity contribution < 1.29 is 5.11 Å². The Kier molecular flexibility index (Phi) is 6.12. The molecule has 17 heavy (non-hydrogen) atoms. The van der Waals surface area contributed by atoms with Gasteiger partial charge in [-0.1, -0.05) is 11.6 Å². The zero-order chi connectivity index (χ0) is 12.7. The number of halogens is 1. The number of hydrogen-bond acceptors (Lipinski definition) is 5. The van der Waals surface area contributed by atoms with Crippen molar-refractivity contribution in [2.75, 3.05) is 23.9 Å². The fourth-order valence-electron chi connectivity index (χ4n) is 1.35. The monoisotopic (exact) mass is 271 g/mol. The molecule has 92 valence electrons. The number of nitriles is 1. The van der Waals surface area contributed by atoms with Gasteiger partial charge in [-0.3, -0.25) is 0 Å². The largest absolute Gasteiger partial charge is 0.396 e. The zero-order valence-electron chi connectivity index (χ0n) is 9.48. The Labute approximate surface area is 110 Å². The van der Waals surface area contributed by atoms with Crippen LogP contribution in [0.3, 0.4) is 0 Å². The highest BCUT2D eigenvalue weighted by atomic mass is 35.5. The number of aliphatic hydroxyl groups excluding tert-OH is 1. The van der Waals surface area contributed by atoms with E-state index in [0.29, 0.717) is 22.8 Å². The fraction of sp³-hybridized carbons (Fsp3) is 0.455. The van der Waals surface area contributed by atoms with Gasteiger partial charge < -0.3 is 10.4 Å². The summed E-state index contributed by atoms with van der Waals surface area (Å²) >= 11 is 7.69. The van der Waals surface area contributed by atoms with Crippen molar-refractivity contribution in [3.63, 3.8) is 0 Å². The maximum Gasteiger partial charge on any atom is 0.145 e. The molecule has 1 aromatic rings. The quantitative estimate of drug-likeness (QED) is 0.830. The Bertz CT molecular complexity index is 402. The average Bonchev–Trinajstić information content (AvgIpc) is 2.32. The molecule has 0 spiro atoms. The van der Waals surface area contributed by atoms with Gasteiger partial charge in [0.05, 0.1) is 10.6 Å². The predicted molar refractivity (Wildman–Crippen MR) is 71.5 cm³/mol. The number of nitrogens with one attached hydrogen (secondary N) is 1. The minimum atomic E-state index is 0.117. The van der Waals surface area contributed by atoms with E-state index in [4.69, 9.17) is 22.0 Å². The summed E-state index contributed by atoms with van der Waals surface area (Å²) in [6.45, 7) is 0.117. The summed E-state index contributed by atoms with van der Waals surface area (Å²) < 4.78 is 0. The molecule has 1 atom stereocenters. The Morgan fingerprint density at radius 2 is 2.47 bits per heavy atom. The molecule has 1 rings (SSSR count). The third kappa shape index (κ3) is 4.43. The highest BCUT2D eigenvalue weighted by Crippen LogP contribution is 2.21. The van der Waals surface area contributed by atoms with Crippen molar-refractivity contribution in [3.05, 3.63) is 22.8 Å². The SMILES string of the molecule is CSCC(CCO)Nc1ncc(C#N)cc1Cl. The van der Waals surface area contributed by atoms with Crippen LogP contribution in [0.25, 0.3) is 0 Å². The number of thioether (sulfide) groups is 1. The van der Waals surface area contributed by atoms with Crippen molar-refractivity contribution in [2.24, 2.45) is 0 Å². The second kappa shape index (κ2) is 7.38. The molecular weight excluding hydrogens is 258 g/mol. The molecule has 0 amide bonds. The fourth-order valence-corrected chi connectivity index (χ4v) is 2.23. The topological polar surface area (TPSA) is 68.9 Å². The Morgan fingerprint density at radius 1 is 1.71 bits per heavy atom. The first kappa shape index (κ1) is 14.1. The van der Waals surface area contributed by atoms with Gasteiger partial charge in [0.25, 0.3) is 0 Å². The number of aromatic nitrogens is 1. The maximum absolute atomic E-state index is 8.95. The molecule has 0 aromatic carbocycles. The summed E-state index contributed by atoms with van der Waals surface area (Å²) in [4.78, 5) is 4.10. The van der Waals surface area contributed by atoms with E-state index in [9.17, 15) is 0 Å². The van der Waals surface area contributed by atoms with Gasteiger partial charge in [-0.15, -0.1) is 0 Å². The summed E-state index contributed by atoms with van der Waals surface area (Å²) in [7, 11) is 0. The van der Waals surface area contributed by atoms with Gasteiger partial charge in [-0.2, -0.15) is 17.0 Å². The number of anilines is 1. The normalized spacial score (nSPS) is 11.9. The second-order valence-corrected chi connectivity index (χ2v) is 4.79. The van der Waals surface area contributed by atoms with E-state index in [1.165, 1.54) is 6.20 Å². The molecule has 0 saturated carbocycles. The van der Waals surface area contributed by atoms with E-state index in [-0.39, 0.29) is 12.6 Å². The van der Waals surface area contributed by atoms with E-state index in [2.05, 4.69) is 10.3 Å². The first-order valence-corrected chi connectivity index (χ1v) is 6.90. The highest BCUT2D eigenvalue weighted by Gasteiger charge is 2.10. The van der Waals surface area contributed by atoms with Crippen LogP contribution in [0.2, 0.25) is 5.02 Å². The molecule has 0 radical (unpaired) electrons. The van der Waals surface area contributed by atoms with Gasteiger partial charge in [0.2, 0.25) is 0 Å². The Hall–Kier alpha value is -0.960. The van der Waals surface area contributed by atoms with Crippen LogP contribution in [0, 0.1) is 11.3 Å². The third-order valence-corrected chi connectivity index (χ3v) is 3.18. The lowest BCUT2D eigenvalue weighted by Gasteiger charge is -2.17. The molecule has 2 N–H and O–H groups in total. The molecule has 0 aliphatic carbocycles. The number of nitrogens with zero attached hydrogens (tertiary/aromatic N) is 2. The van der Waals surface area contributed by atoms with E-state index in [0.717, 1.165) is 5.75 Å². The molecule has 1 aromatic heterocycles. The summed E-state index contributed by atoms with van der Waals surface area (Å²) in [5.74, 6) is 1.41. The molecule has 1 unspecified atom stereocenters. The third-order valence-electron chi connectivity index (χ3n) is 2.16. The predicted octanol–water partition coefficient (Wildman–Crippen LogP) is 2.13. The minimum Gasteiger partial charge on any atom is -0.396 e. The smallest absolute Gasteiger partial charge is 0.145 e. The molecule has 0 saturated heterocycles. The van der Waals surface area contributed by atoms with Gasteiger partial charge in [0, 0.05) is 24.6 Å². The van der Waals surface area contributed by atoms with Gasteiger partial charge >= 0.3 is 0 Å². The van der Waals surface area contributed by atoms with Crippen molar-refractivity contribution in [1.29, 1.82) is 5.26 Å². The molecular formula is C11H14ClN3OS. The summed E-state index contributed by atoms with van der Waals surface area (Å²) in [6, 6.07) is 3.67. The zero-order valence-corrected chi connectivity index (χ0v) is 11.1. The van der Waals surface area contributed by atoms with Crippen LogP contribution in [0.1, 0.15) is 12.0 Å². The number of rotatable bonds is 6. The summed E-state index contributed by atoms with van der Waals surface area (Å²) in [5.41, 5.74) is 0.434. The van der Waals surface area contributed by atoms with Crippen LogP contribution in [-0.4, -0.2) is 34.7 Å². The van der Waals surface area contributed by atoms with Crippen LogP contribution >= 0.6 is 23.4 Å². The van der Waals surface area contributed by atoms with Gasteiger partial charge in [0.15, 0.2) is 0 Å². The maximum atomic E-state index is 8.95. The minimum absolute atomic E-state index is 0.117. The van der Waals surface area contributed by atoms with E-state index >= 15 is 0 Å². The molecule has 4 nitrogen and oxygen atoms in total. The van der Waals surface area contributed by atoms with Crippen molar-refractivity contribution in [1.82, 2.24) is 4.98 Å². The molecule has 6 heteroatoms. The highest BCUT2D eigenvalue weighted by molar-refractivity contribution is 7.98. The van der Waals surface area contributed by atoms with Gasteiger partial charge in [-0.05, 0) is 18.7 Å². The number of hydrogen-bond donors (Lipinski definition) is 2. The van der Waals surface area contributed by atoms with E-state index in [1.54, 1.807) is 17.8 Å². The second-order valence-electron chi connectivity index (χ2n) is 3.48. The summed E-state index contributed by atoms with van der Waals surface area (Å²) in [5, 5.41) is 21.2. The first-order valence-electron chi connectivity index (χ1n) is 5.13. The van der Waals surface area contributed by atoms with Crippen molar-refractivity contribution in [2.45, 2.75) is 12.5 Å². The molecule has 0 aliphatic heterocycles.